The number of hydrogen-bond acceptors (Lipinski definition) is 4. The Labute approximate surface area is 138 Å². The molecule has 3 rings (SSSR count). The number of urea groups is 1. The van der Waals surface area contributed by atoms with Gasteiger partial charge < -0.3 is 10.6 Å². The monoisotopic (exact) mass is 327 g/mol. The first-order chi connectivity index (χ1) is 11.1. The lowest BCUT2D eigenvalue weighted by atomic mass is 10.1. The highest BCUT2D eigenvalue weighted by atomic mass is 32.1. The third-order valence-electron chi connectivity index (χ3n) is 3.37. The van der Waals surface area contributed by atoms with Crippen molar-refractivity contribution >= 4 is 23.1 Å². The summed E-state index contributed by atoms with van der Waals surface area (Å²) >= 11 is 1.51. The highest BCUT2D eigenvalue weighted by Gasteiger charge is 2.19. The molecule has 2 aromatic heterocycles. The van der Waals surface area contributed by atoms with E-state index in [-0.39, 0.29) is 12.1 Å². The van der Waals surface area contributed by atoms with Crippen molar-refractivity contribution in [3.05, 3.63) is 64.4 Å². The SMILES string of the molecule is Cc1nn(C)cc1NC(=O)NC(c1ccccc1)c1nccs1. The molecule has 2 N–H and O–H groups in total. The normalized spacial score (nSPS) is 11.9. The number of thiazole rings is 1. The zero-order valence-electron chi connectivity index (χ0n) is 12.9. The number of hydrogen-bond donors (Lipinski definition) is 2. The molecule has 0 fully saturated rings. The van der Waals surface area contributed by atoms with Crippen LogP contribution in [0.5, 0.6) is 0 Å². The van der Waals surface area contributed by atoms with E-state index < -0.39 is 0 Å². The van der Waals surface area contributed by atoms with Crippen LogP contribution in [0.25, 0.3) is 0 Å². The quantitative estimate of drug-likeness (QED) is 0.773. The second-order valence-electron chi connectivity index (χ2n) is 5.11. The third-order valence-corrected chi connectivity index (χ3v) is 4.21. The Hall–Kier alpha value is -2.67. The predicted octanol–water partition coefficient (Wildman–Crippen LogP) is 3.10. The van der Waals surface area contributed by atoms with Crippen molar-refractivity contribution < 1.29 is 4.79 Å². The van der Waals surface area contributed by atoms with Gasteiger partial charge >= 0.3 is 6.03 Å². The average molecular weight is 327 g/mol. The Morgan fingerprint density at radius 2 is 2.09 bits per heavy atom. The van der Waals surface area contributed by atoms with E-state index in [1.54, 1.807) is 17.1 Å². The smallest absolute Gasteiger partial charge is 0.320 e. The summed E-state index contributed by atoms with van der Waals surface area (Å²) in [6, 6.07) is 9.21. The molecule has 0 aliphatic rings. The maximum Gasteiger partial charge on any atom is 0.320 e. The van der Waals surface area contributed by atoms with Gasteiger partial charge in [0.25, 0.3) is 0 Å². The molecule has 0 aliphatic heterocycles. The number of amides is 2. The molecule has 1 atom stereocenters. The van der Waals surface area contributed by atoms with Gasteiger partial charge in [0.2, 0.25) is 0 Å². The Morgan fingerprint density at radius 3 is 2.70 bits per heavy atom. The summed E-state index contributed by atoms with van der Waals surface area (Å²) in [5, 5.41) is 12.8. The maximum atomic E-state index is 12.4. The number of aryl methyl sites for hydroxylation is 2. The van der Waals surface area contributed by atoms with Crippen molar-refractivity contribution in [2.75, 3.05) is 5.32 Å². The van der Waals surface area contributed by atoms with Crippen LogP contribution in [0.1, 0.15) is 22.3 Å². The summed E-state index contributed by atoms with van der Waals surface area (Å²) in [5.74, 6) is 0. The first-order valence-electron chi connectivity index (χ1n) is 7.15. The van der Waals surface area contributed by atoms with Gasteiger partial charge in [-0.05, 0) is 12.5 Å². The first-order valence-corrected chi connectivity index (χ1v) is 8.03. The minimum absolute atomic E-state index is 0.284. The lowest BCUT2D eigenvalue weighted by Crippen LogP contribution is -2.33. The zero-order valence-corrected chi connectivity index (χ0v) is 13.7. The van der Waals surface area contributed by atoms with Gasteiger partial charge in [-0.15, -0.1) is 11.3 Å². The maximum absolute atomic E-state index is 12.4. The Morgan fingerprint density at radius 1 is 1.30 bits per heavy atom. The molecule has 6 nitrogen and oxygen atoms in total. The van der Waals surface area contributed by atoms with E-state index in [0.29, 0.717) is 5.69 Å². The van der Waals surface area contributed by atoms with E-state index in [2.05, 4.69) is 20.7 Å². The predicted molar refractivity (Wildman–Crippen MR) is 90.5 cm³/mol. The molecule has 118 valence electrons. The van der Waals surface area contributed by atoms with Gasteiger partial charge in [-0.1, -0.05) is 30.3 Å². The summed E-state index contributed by atoms with van der Waals surface area (Å²) < 4.78 is 1.67. The topological polar surface area (TPSA) is 71.8 Å². The van der Waals surface area contributed by atoms with Crippen molar-refractivity contribution in [3.63, 3.8) is 0 Å². The molecule has 0 saturated carbocycles. The second kappa shape index (κ2) is 6.62. The molecule has 0 saturated heterocycles. The average Bonchev–Trinajstić information content (AvgIpc) is 3.16. The fraction of sp³-hybridized carbons (Fsp3) is 0.188. The van der Waals surface area contributed by atoms with Crippen LogP contribution in [0.3, 0.4) is 0 Å². The second-order valence-corrected chi connectivity index (χ2v) is 6.04. The fourth-order valence-electron chi connectivity index (χ4n) is 2.32. The van der Waals surface area contributed by atoms with Gasteiger partial charge in [0.1, 0.15) is 11.0 Å². The van der Waals surface area contributed by atoms with Crippen molar-refractivity contribution in [3.8, 4) is 0 Å². The van der Waals surface area contributed by atoms with E-state index >= 15 is 0 Å². The van der Waals surface area contributed by atoms with Crippen molar-refractivity contribution in [1.29, 1.82) is 0 Å². The fourth-order valence-corrected chi connectivity index (χ4v) is 3.04. The molecule has 0 aliphatic carbocycles. The van der Waals surface area contributed by atoms with Gasteiger partial charge in [0.05, 0.1) is 11.4 Å². The summed E-state index contributed by atoms with van der Waals surface area (Å²) in [6.07, 6.45) is 3.51. The van der Waals surface area contributed by atoms with Gasteiger partial charge in [-0.3, -0.25) is 4.68 Å². The highest BCUT2D eigenvalue weighted by molar-refractivity contribution is 7.09. The van der Waals surface area contributed by atoms with Gasteiger partial charge in [0, 0.05) is 24.8 Å². The minimum Gasteiger partial charge on any atom is -0.324 e. The number of nitrogens with zero attached hydrogens (tertiary/aromatic N) is 3. The van der Waals surface area contributed by atoms with Crippen LogP contribution in [0.2, 0.25) is 0 Å². The Balaban J connectivity index is 1.79. The van der Waals surface area contributed by atoms with E-state index in [1.807, 2.05) is 49.7 Å². The lowest BCUT2D eigenvalue weighted by Gasteiger charge is -2.17. The van der Waals surface area contributed by atoms with Gasteiger partial charge in [-0.2, -0.15) is 5.10 Å². The summed E-state index contributed by atoms with van der Waals surface area (Å²) in [5.41, 5.74) is 2.45. The minimum atomic E-state index is -0.287. The van der Waals surface area contributed by atoms with Crippen molar-refractivity contribution in [2.24, 2.45) is 7.05 Å². The molecule has 2 heterocycles. The van der Waals surface area contributed by atoms with Crippen LogP contribution < -0.4 is 10.6 Å². The highest BCUT2D eigenvalue weighted by Crippen LogP contribution is 2.24. The number of carbonyl (C=O) groups is 1. The molecule has 0 radical (unpaired) electrons. The van der Waals surface area contributed by atoms with Crippen LogP contribution in [-0.2, 0) is 7.05 Å². The zero-order chi connectivity index (χ0) is 16.2. The van der Waals surface area contributed by atoms with Crippen LogP contribution >= 0.6 is 11.3 Å². The van der Waals surface area contributed by atoms with Crippen LogP contribution in [-0.4, -0.2) is 20.8 Å². The lowest BCUT2D eigenvalue weighted by molar-refractivity contribution is 0.250. The molecular weight excluding hydrogens is 310 g/mol. The van der Waals surface area contributed by atoms with E-state index in [4.69, 9.17) is 0 Å². The largest absolute Gasteiger partial charge is 0.324 e. The number of nitrogens with one attached hydrogen (secondary N) is 2. The molecular formula is C16H17N5OS. The standard InChI is InChI=1S/C16H17N5OS/c1-11-13(10-21(2)20-11)18-16(22)19-14(15-17-8-9-23-15)12-6-4-3-5-7-12/h3-10,14H,1-2H3,(H2,18,19,22). The summed E-state index contributed by atoms with van der Waals surface area (Å²) in [6.45, 7) is 1.85. The number of benzene rings is 1. The van der Waals surface area contributed by atoms with Crippen molar-refractivity contribution in [1.82, 2.24) is 20.1 Å². The van der Waals surface area contributed by atoms with Gasteiger partial charge in [-0.25, -0.2) is 9.78 Å². The van der Waals surface area contributed by atoms with Crippen LogP contribution in [0, 0.1) is 6.92 Å². The summed E-state index contributed by atoms with van der Waals surface area (Å²) in [7, 11) is 1.82. The Kier molecular flexibility index (Phi) is 4.38. The Bertz CT molecular complexity index is 782. The number of aromatic nitrogens is 3. The molecule has 7 heteroatoms. The summed E-state index contributed by atoms with van der Waals surface area (Å²) in [4.78, 5) is 16.7. The van der Waals surface area contributed by atoms with Crippen LogP contribution in [0.15, 0.2) is 48.1 Å². The molecule has 3 aromatic rings. The van der Waals surface area contributed by atoms with E-state index in [1.165, 1.54) is 11.3 Å². The number of anilines is 1. The molecule has 0 bridgehead atoms. The molecule has 0 spiro atoms. The van der Waals surface area contributed by atoms with Crippen molar-refractivity contribution in [2.45, 2.75) is 13.0 Å². The molecule has 1 aromatic carbocycles. The third kappa shape index (κ3) is 3.57. The molecule has 1 unspecified atom stereocenters. The molecule has 2 amide bonds. The number of rotatable bonds is 4. The van der Waals surface area contributed by atoms with Gasteiger partial charge in [0.15, 0.2) is 0 Å². The molecule has 23 heavy (non-hydrogen) atoms. The van der Waals surface area contributed by atoms with E-state index in [0.717, 1.165) is 16.3 Å². The van der Waals surface area contributed by atoms with Crippen LogP contribution in [0.4, 0.5) is 10.5 Å². The number of carbonyl (C=O) groups excluding carboxylic acids is 1. The van der Waals surface area contributed by atoms with E-state index in [9.17, 15) is 4.79 Å². The first kappa shape index (κ1) is 15.2.